The quantitative estimate of drug-likeness (QED) is 0.494. The van der Waals surface area contributed by atoms with Gasteiger partial charge in [-0.25, -0.2) is 8.78 Å². The van der Waals surface area contributed by atoms with Crippen LogP contribution in [0.4, 0.5) is 8.78 Å². The molecule has 0 saturated carbocycles. The molecule has 1 heterocycles. The number of aryl methyl sites for hydroxylation is 1. The molecule has 0 bridgehead atoms. The molecule has 0 aliphatic carbocycles. The highest BCUT2D eigenvalue weighted by molar-refractivity contribution is 7.85. The molecule has 0 unspecified atom stereocenters. The molecule has 1 fully saturated rings. The maximum atomic E-state index is 13.6. The smallest absolute Gasteiger partial charge is 0.264 e. The first-order chi connectivity index (χ1) is 16.4. The molecule has 1 aliphatic rings. The van der Waals surface area contributed by atoms with Crippen LogP contribution in [-0.2, 0) is 27.9 Å². The van der Waals surface area contributed by atoms with Gasteiger partial charge in [-0.15, -0.1) is 0 Å². The predicted molar refractivity (Wildman–Crippen MR) is 129 cm³/mol. The van der Waals surface area contributed by atoms with Crippen LogP contribution in [0.5, 0.6) is 5.75 Å². The lowest BCUT2D eigenvalue weighted by Crippen LogP contribution is -2.58. The number of amides is 1. The van der Waals surface area contributed by atoms with Crippen molar-refractivity contribution in [2.24, 2.45) is 0 Å². The highest BCUT2D eigenvalue weighted by Gasteiger charge is 2.32. The van der Waals surface area contributed by atoms with Gasteiger partial charge in [0.2, 0.25) is 0 Å². The third kappa shape index (κ3) is 7.86. The summed E-state index contributed by atoms with van der Waals surface area (Å²) in [6.07, 6.45) is 0.484. The minimum Gasteiger partial charge on any atom is -0.483 e. The summed E-state index contributed by atoms with van der Waals surface area (Å²) in [6, 6.07) is 8.64. The van der Waals surface area contributed by atoms with Crippen molar-refractivity contribution < 1.29 is 31.3 Å². The predicted octanol–water partition coefficient (Wildman–Crippen LogP) is 3.94. The standard InChI is InChI=1S/C24H29ClF2N2O5S/c1-16-13-29(17(2)12-28(16)14-18-5-7-21(26)22(27)10-18)24(30)15-34-23-8-6-20(25)11-19(23)4-3-9-35(31,32)33/h5-8,10-11,16-17H,3-4,9,12-15H2,1-2H3,(H,31,32,33)/t16-,17+/m0/s1. The van der Waals surface area contributed by atoms with E-state index in [1.165, 1.54) is 6.07 Å². The minimum absolute atomic E-state index is 0.00483. The van der Waals surface area contributed by atoms with Gasteiger partial charge in [-0.2, -0.15) is 8.42 Å². The second-order valence-electron chi connectivity index (χ2n) is 8.85. The molecule has 0 aromatic heterocycles. The number of ether oxygens (including phenoxy) is 1. The Hall–Kier alpha value is -2.27. The number of hydrogen-bond acceptors (Lipinski definition) is 5. The maximum absolute atomic E-state index is 13.6. The van der Waals surface area contributed by atoms with Gasteiger partial charge in [0.25, 0.3) is 16.0 Å². The molecule has 35 heavy (non-hydrogen) atoms. The van der Waals surface area contributed by atoms with E-state index in [1.54, 1.807) is 29.2 Å². The number of nitrogens with zero attached hydrogens (tertiary/aromatic N) is 2. The van der Waals surface area contributed by atoms with Gasteiger partial charge < -0.3 is 9.64 Å². The summed E-state index contributed by atoms with van der Waals surface area (Å²) in [5.74, 6) is -1.92. The highest BCUT2D eigenvalue weighted by Crippen LogP contribution is 2.25. The number of rotatable bonds is 9. The van der Waals surface area contributed by atoms with Gasteiger partial charge in [-0.3, -0.25) is 14.2 Å². The molecule has 7 nitrogen and oxygen atoms in total. The molecule has 1 saturated heterocycles. The monoisotopic (exact) mass is 530 g/mol. The fourth-order valence-electron chi connectivity index (χ4n) is 4.19. The zero-order valence-corrected chi connectivity index (χ0v) is 21.2. The van der Waals surface area contributed by atoms with Crippen LogP contribution in [0.2, 0.25) is 5.02 Å². The summed E-state index contributed by atoms with van der Waals surface area (Å²) < 4.78 is 63.5. The van der Waals surface area contributed by atoms with Crippen LogP contribution < -0.4 is 4.74 Å². The van der Waals surface area contributed by atoms with Crippen molar-refractivity contribution in [2.45, 2.75) is 45.3 Å². The molecule has 1 aliphatic heterocycles. The van der Waals surface area contributed by atoms with Gasteiger partial charge in [0.05, 0.1) is 5.75 Å². The van der Waals surface area contributed by atoms with E-state index in [2.05, 4.69) is 4.90 Å². The van der Waals surface area contributed by atoms with Gasteiger partial charge in [-0.05, 0) is 68.1 Å². The van der Waals surface area contributed by atoms with Crippen LogP contribution in [-0.4, -0.2) is 66.2 Å². The van der Waals surface area contributed by atoms with E-state index in [4.69, 9.17) is 20.9 Å². The molecule has 192 valence electrons. The Bertz CT molecular complexity index is 1160. The Balaban J connectivity index is 1.58. The minimum atomic E-state index is -4.07. The zero-order chi connectivity index (χ0) is 25.8. The average molecular weight is 531 g/mol. The van der Waals surface area contributed by atoms with Gasteiger partial charge in [0, 0.05) is 36.7 Å². The number of carbonyl (C=O) groups is 1. The Labute approximate surface area is 209 Å². The highest BCUT2D eigenvalue weighted by atomic mass is 35.5. The largest absolute Gasteiger partial charge is 0.483 e. The van der Waals surface area contributed by atoms with E-state index >= 15 is 0 Å². The van der Waals surface area contributed by atoms with Crippen LogP contribution in [0, 0.1) is 11.6 Å². The van der Waals surface area contributed by atoms with E-state index in [0.717, 1.165) is 6.07 Å². The molecule has 2 aromatic carbocycles. The molecule has 1 amide bonds. The fraction of sp³-hybridized carbons (Fsp3) is 0.458. The maximum Gasteiger partial charge on any atom is 0.264 e. The van der Waals surface area contributed by atoms with Gasteiger partial charge in [0.15, 0.2) is 18.2 Å². The first-order valence-corrected chi connectivity index (χ1v) is 13.3. The molecule has 0 radical (unpaired) electrons. The van der Waals surface area contributed by atoms with Crippen molar-refractivity contribution in [3.05, 3.63) is 64.2 Å². The summed E-state index contributed by atoms with van der Waals surface area (Å²) in [4.78, 5) is 16.8. The van der Waals surface area contributed by atoms with Crippen molar-refractivity contribution in [2.75, 3.05) is 25.4 Å². The molecule has 3 rings (SSSR count). The molecular formula is C24H29ClF2N2O5S. The average Bonchev–Trinajstić information content (AvgIpc) is 2.77. The Morgan fingerprint density at radius 3 is 2.54 bits per heavy atom. The number of piperazine rings is 1. The van der Waals surface area contributed by atoms with E-state index < -0.39 is 21.8 Å². The van der Waals surface area contributed by atoms with Crippen LogP contribution in [0.3, 0.4) is 0 Å². The van der Waals surface area contributed by atoms with Crippen molar-refractivity contribution in [3.8, 4) is 5.75 Å². The number of benzene rings is 2. The lowest BCUT2D eigenvalue weighted by Gasteiger charge is -2.44. The fourth-order valence-corrected chi connectivity index (χ4v) is 4.89. The Morgan fingerprint density at radius 2 is 1.86 bits per heavy atom. The first kappa shape index (κ1) is 27.3. The number of hydrogen-bond donors (Lipinski definition) is 1. The SMILES string of the molecule is C[C@@H]1CN(Cc2ccc(F)c(F)c2)[C@@H](C)CN1C(=O)COc1ccc(Cl)cc1CCCS(=O)(=O)O. The normalized spacial score (nSPS) is 19.1. The second-order valence-corrected chi connectivity index (χ2v) is 10.9. The topological polar surface area (TPSA) is 87.2 Å². The third-order valence-corrected chi connectivity index (χ3v) is 7.07. The van der Waals surface area contributed by atoms with Crippen LogP contribution in [0.1, 0.15) is 31.4 Å². The van der Waals surface area contributed by atoms with E-state index in [1.807, 2.05) is 13.8 Å². The van der Waals surface area contributed by atoms with E-state index in [9.17, 15) is 22.0 Å². The summed E-state index contributed by atoms with van der Waals surface area (Å²) >= 11 is 6.05. The Kier molecular flexibility index (Phi) is 9.09. The van der Waals surface area contributed by atoms with E-state index in [0.29, 0.717) is 48.0 Å². The van der Waals surface area contributed by atoms with Crippen molar-refractivity contribution in [1.82, 2.24) is 9.80 Å². The zero-order valence-electron chi connectivity index (χ0n) is 19.6. The van der Waals surface area contributed by atoms with E-state index in [-0.39, 0.29) is 36.8 Å². The summed E-state index contributed by atoms with van der Waals surface area (Å²) in [5.41, 5.74) is 1.31. The second kappa shape index (κ2) is 11.6. The van der Waals surface area contributed by atoms with Gasteiger partial charge in [-0.1, -0.05) is 17.7 Å². The van der Waals surface area contributed by atoms with Crippen LogP contribution in [0.25, 0.3) is 0 Å². The summed E-state index contributed by atoms with van der Waals surface area (Å²) in [6.45, 7) is 5.15. The summed E-state index contributed by atoms with van der Waals surface area (Å²) in [5, 5.41) is 0.449. The van der Waals surface area contributed by atoms with Crippen LogP contribution >= 0.6 is 11.6 Å². The van der Waals surface area contributed by atoms with Crippen LogP contribution in [0.15, 0.2) is 36.4 Å². The molecule has 2 atom stereocenters. The lowest BCUT2D eigenvalue weighted by molar-refractivity contribution is -0.139. The number of halogens is 3. The molecular weight excluding hydrogens is 502 g/mol. The van der Waals surface area contributed by atoms with Crippen molar-refractivity contribution >= 4 is 27.6 Å². The Morgan fingerprint density at radius 1 is 1.11 bits per heavy atom. The number of carbonyl (C=O) groups excluding carboxylic acids is 1. The van der Waals surface area contributed by atoms with Crippen molar-refractivity contribution in [1.29, 1.82) is 0 Å². The van der Waals surface area contributed by atoms with Crippen molar-refractivity contribution in [3.63, 3.8) is 0 Å². The molecule has 11 heteroatoms. The molecule has 2 aromatic rings. The lowest BCUT2D eigenvalue weighted by atomic mass is 10.1. The summed E-state index contributed by atoms with van der Waals surface area (Å²) in [7, 11) is -4.07. The third-order valence-electron chi connectivity index (χ3n) is 6.03. The molecule has 0 spiro atoms. The van der Waals surface area contributed by atoms with Gasteiger partial charge in [0.1, 0.15) is 5.75 Å². The first-order valence-electron chi connectivity index (χ1n) is 11.3. The molecule has 1 N–H and O–H groups in total. The van der Waals surface area contributed by atoms with Gasteiger partial charge >= 0.3 is 0 Å².